The van der Waals surface area contributed by atoms with Crippen molar-refractivity contribution in [2.45, 2.75) is 37.8 Å². The zero-order valence-electron chi connectivity index (χ0n) is 12.1. The third-order valence-electron chi connectivity index (χ3n) is 3.94. The van der Waals surface area contributed by atoms with Gasteiger partial charge in [-0.3, -0.25) is 9.20 Å². The summed E-state index contributed by atoms with van der Waals surface area (Å²) >= 11 is 3.09. The maximum Gasteiger partial charge on any atom is 0.227 e. The molecular formula is C14H15N5OS2. The fourth-order valence-electron chi connectivity index (χ4n) is 3.01. The van der Waals surface area contributed by atoms with Crippen molar-refractivity contribution in [3.05, 3.63) is 16.3 Å². The van der Waals surface area contributed by atoms with Gasteiger partial charge in [0, 0.05) is 4.88 Å². The number of carbonyl (C=O) groups is 1. The highest BCUT2D eigenvalue weighted by Crippen LogP contribution is 2.38. The Balaban J connectivity index is 1.95. The average molecular weight is 333 g/mol. The van der Waals surface area contributed by atoms with E-state index in [-0.39, 0.29) is 11.7 Å². The molecule has 22 heavy (non-hydrogen) atoms. The number of rotatable bonds is 3. The molecule has 3 heterocycles. The van der Waals surface area contributed by atoms with E-state index in [0.717, 1.165) is 34.5 Å². The number of fused-ring (bicyclic) bond motifs is 5. The quantitative estimate of drug-likeness (QED) is 0.742. The third kappa shape index (κ3) is 2.09. The summed E-state index contributed by atoms with van der Waals surface area (Å²) in [5, 5.41) is 10.4. The van der Waals surface area contributed by atoms with Gasteiger partial charge in [0.05, 0.1) is 11.1 Å². The van der Waals surface area contributed by atoms with Crippen LogP contribution in [0.5, 0.6) is 0 Å². The van der Waals surface area contributed by atoms with Crippen LogP contribution in [0.1, 0.15) is 29.1 Å². The van der Waals surface area contributed by atoms with Crippen LogP contribution in [-0.2, 0) is 17.6 Å². The van der Waals surface area contributed by atoms with Gasteiger partial charge >= 0.3 is 0 Å². The summed E-state index contributed by atoms with van der Waals surface area (Å²) < 4.78 is 1.94. The van der Waals surface area contributed by atoms with Crippen molar-refractivity contribution < 1.29 is 4.79 Å². The number of nitrogens with zero attached hydrogens (tertiary/aromatic N) is 4. The van der Waals surface area contributed by atoms with Gasteiger partial charge in [-0.25, -0.2) is 4.98 Å². The lowest BCUT2D eigenvalue weighted by Crippen LogP contribution is -2.13. The number of hydrogen-bond donors (Lipinski definition) is 1. The van der Waals surface area contributed by atoms with E-state index < -0.39 is 0 Å². The molecule has 0 saturated carbocycles. The second-order valence-electron chi connectivity index (χ2n) is 5.45. The molecule has 0 spiro atoms. The molecule has 3 aromatic heterocycles. The van der Waals surface area contributed by atoms with E-state index >= 15 is 0 Å². The van der Waals surface area contributed by atoms with Gasteiger partial charge in [-0.15, -0.1) is 21.5 Å². The Morgan fingerprint density at radius 1 is 1.36 bits per heavy atom. The summed E-state index contributed by atoms with van der Waals surface area (Å²) in [6.45, 7) is 1.95. The number of aromatic nitrogens is 4. The average Bonchev–Trinajstić information content (AvgIpc) is 3.05. The van der Waals surface area contributed by atoms with E-state index in [9.17, 15) is 4.79 Å². The van der Waals surface area contributed by atoms with E-state index in [1.165, 1.54) is 35.0 Å². The minimum atomic E-state index is -0.360. The number of hydrogen-bond acceptors (Lipinski definition) is 6. The number of thiophene rings is 1. The highest BCUT2D eigenvalue weighted by Gasteiger charge is 2.22. The molecule has 3 aromatic rings. The first kappa shape index (κ1) is 14.0. The second kappa shape index (κ2) is 5.20. The molecule has 0 aliphatic heterocycles. The minimum Gasteiger partial charge on any atom is -0.369 e. The number of nitrogens with two attached hydrogens (primary N) is 1. The van der Waals surface area contributed by atoms with Crippen molar-refractivity contribution in [3.63, 3.8) is 0 Å². The first-order valence-corrected chi connectivity index (χ1v) is 9.02. The monoisotopic (exact) mass is 333 g/mol. The minimum absolute atomic E-state index is 0.194. The van der Waals surface area contributed by atoms with E-state index in [0.29, 0.717) is 5.16 Å². The number of primary amides is 1. The van der Waals surface area contributed by atoms with Crippen molar-refractivity contribution in [2.24, 2.45) is 5.73 Å². The van der Waals surface area contributed by atoms with Crippen LogP contribution < -0.4 is 5.73 Å². The molecule has 1 amide bonds. The molecule has 0 saturated heterocycles. The number of amides is 1. The van der Waals surface area contributed by atoms with Gasteiger partial charge in [-0.2, -0.15) is 0 Å². The van der Waals surface area contributed by atoms with Gasteiger partial charge in [0.25, 0.3) is 0 Å². The van der Waals surface area contributed by atoms with Crippen molar-refractivity contribution in [1.29, 1.82) is 0 Å². The van der Waals surface area contributed by atoms with Crippen LogP contribution >= 0.6 is 23.1 Å². The maximum absolute atomic E-state index is 11.0. The maximum atomic E-state index is 11.0. The third-order valence-corrected chi connectivity index (χ3v) is 6.08. The standard InChI is InChI=1S/C14H15N5OS2/c1-7-16-13-11(8-4-2-3-5-9(8)22-13)12-17-18-14(19(7)12)21-6-10(15)20/h2-6H2,1H3,(H2,15,20). The molecule has 0 unspecified atom stereocenters. The molecule has 0 aromatic carbocycles. The van der Waals surface area contributed by atoms with Crippen LogP contribution in [0.3, 0.4) is 0 Å². The number of carbonyl (C=O) groups excluding carboxylic acids is 1. The van der Waals surface area contributed by atoms with E-state index in [1.807, 2.05) is 11.3 Å². The Kier molecular flexibility index (Phi) is 3.30. The van der Waals surface area contributed by atoms with Gasteiger partial charge in [0.2, 0.25) is 5.91 Å². The van der Waals surface area contributed by atoms with Crippen LogP contribution in [0, 0.1) is 6.92 Å². The molecule has 0 fully saturated rings. The van der Waals surface area contributed by atoms with Crippen LogP contribution in [0.4, 0.5) is 0 Å². The molecule has 0 atom stereocenters. The second-order valence-corrected chi connectivity index (χ2v) is 7.47. The largest absolute Gasteiger partial charge is 0.369 e. The zero-order valence-corrected chi connectivity index (χ0v) is 13.8. The Hall–Kier alpha value is -1.67. The Bertz CT molecular complexity index is 898. The molecule has 114 valence electrons. The van der Waals surface area contributed by atoms with Gasteiger partial charge in [0.15, 0.2) is 10.8 Å². The summed E-state index contributed by atoms with van der Waals surface area (Å²) in [6, 6.07) is 0. The Morgan fingerprint density at radius 2 is 2.18 bits per heavy atom. The fraction of sp³-hybridized carbons (Fsp3) is 0.429. The van der Waals surface area contributed by atoms with Crippen LogP contribution in [0.2, 0.25) is 0 Å². The summed E-state index contributed by atoms with van der Waals surface area (Å²) in [5.74, 6) is 0.680. The molecular weight excluding hydrogens is 318 g/mol. The molecule has 8 heteroatoms. The van der Waals surface area contributed by atoms with Crippen molar-refractivity contribution in [2.75, 3.05) is 5.75 Å². The molecule has 0 radical (unpaired) electrons. The normalized spacial score (nSPS) is 14.6. The number of aryl methyl sites for hydroxylation is 3. The predicted molar refractivity (Wildman–Crippen MR) is 87.5 cm³/mol. The predicted octanol–water partition coefficient (Wildman–Crippen LogP) is 2.10. The van der Waals surface area contributed by atoms with Gasteiger partial charge in [-0.1, -0.05) is 11.8 Å². The summed E-state index contributed by atoms with van der Waals surface area (Å²) in [7, 11) is 0. The summed E-state index contributed by atoms with van der Waals surface area (Å²) in [6.07, 6.45) is 4.70. The van der Waals surface area contributed by atoms with Gasteiger partial charge in [0.1, 0.15) is 10.7 Å². The molecule has 6 nitrogen and oxygen atoms in total. The molecule has 4 rings (SSSR count). The fourth-order valence-corrected chi connectivity index (χ4v) is 5.03. The SMILES string of the molecule is Cc1nc2sc3c(c2c2nnc(SCC(N)=O)n12)CCCC3. The van der Waals surface area contributed by atoms with Crippen molar-refractivity contribution in [3.8, 4) is 0 Å². The number of thioether (sulfide) groups is 1. The van der Waals surface area contributed by atoms with Crippen LogP contribution in [-0.4, -0.2) is 31.2 Å². The van der Waals surface area contributed by atoms with E-state index in [2.05, 4.69) is 10.2 Å². The Morgan fingerprint density at radius 3 is 3.00 bits per heavy atom. The summed E-state index contributed by atoms with van der Waals surface area (Å²) in [4.78, 5) is 18.2. The van der Waals surface area contributed by atoms with E-state index in [4.69, 9.17) is 10.7 Å². The first-order valence-electron chi connectivity index (χ1n) is 7.22. The van der Waals surface area contributed by atoms with Crippen LogP contribution in [0.25, 0.3) is 15.9 Å². The lowest BCUT2D eigenvalue weighted by atomic mass is 9.97. The van der Waals surface area contributed by atoms with E-state index in [1.54, 1.807) is 11.3 Å². The zero-order chi connectivity index (χ0) is 15.3. The highest BCUT2D eigenvalue weighted by atomic mass is 32.2. The molecule has 0 bridgehead atoms. The first-order chi connectivity index (χ1) is 10.6. The molecule has 1 aliphatic carbocycles. The van der Waals surface area contributed by atoms with Gasteiger partial charge < -0.3 is 5.73 Å². The lowest BCUT2D eigenvalue weighted by Gasteiger charge is -2.10. The van der Waals surface area contributed by atoms with Gasteiger partial charge in [-0.05, 0) is 38.2 Å². The van der Waals surface area contributed by atoms with Crippen molar-refractivity contribution in [1.82, 2.24) is 19.6 Å². The lowest BCUT2D eigenvalue weighted by molar-refractivity contribution is -0.115. The molecule has 1 aliphatic rings. The van der Waals surface area contributed by atoms with Crippen LogP contribution in [0.15, 0.2) is 5.16 Å². The molecule has 2 N–H and O–H groups in total. The smallest absolute Gasteiger partial charge is 0.227 e. The highest BCUT2D eigenvalue weighted by molar-refractivity contribution is 7.99. The summed E-state index contributed by atoms with van der Waals surface area (Å²) in [5.41, 5.74) is 7.47. The van der Waals surface area contributed by atoms with Crippen molar-refractivity contribution >= 4 is 44.9 Å². The Labute approximate surface area is 135 Å². The topological polar surface area (TPSA) is 86.2 Å².